The molecule has 0 spiro atoms. The number of alkyl halides is 2. The van der Waals surface area contributed by atoms with Gasteiger partial charge in [-0.1, -0.05) is 35.3 Å². The molecule has 1 aliphatic carbocycles. The van der Waals surface area contributed by atoms with Gasteiger partial charge in [0.15, 0.2) is 23.9 Å². The zero-order valence-electron chi connectivity index (χ0n) is 27.7. The molecule has 0 amide bonds. The van der Waals surface area contributed by atoms with Gasteiger partial charge in [0.1, 0.15) is 34.8 Å². The summed E-state index contributed by atoms with van der Waals surface area (Å²) in [6.45, 7) is 1.25. The fourth-order valence-corrected chi connectivity index (χ4v) is 6.40. The van der Waals surface area contributed by atoms with E-state index in [2.05, 4.69) is 4.74 Å². The van der Waals surface area contributed by atoms with Gasteiger partial charge in [-0.05, 0) is 75.4 Å². The highest BCUT2D eigenvalue weighted by atomic mass is 35.5. The summed E-state index contributed by atoms with van der Waals surface area (Å²) in [7, 11) is 0. The first-order valence-electron chi connectivity index (χ1n) is 15.7. The largest absolute Gasteiger partial charge is 0.755 e. The highest BCUT2D eigenvalue weighted by Crippen LogP contribution is 2.38. The minimum absolute atomic E-state index is 0.0111. The Bertz CT molecular complexity index is 1910. The van der Waals surface area contributed by atoms with Gasteiger partial charge in [0, 0.05) is 34.8 Å². The van der Waals surface area contributed by atoms with Gasteiger partial charge in [-0.2, -0.15) is 13.5 Å². The number of carbonyl (C=O) groups excluding carboxylic acids is 2. The molecule has 0 radical (unpaired) electrons. The van der Waals surface area contributed by atoms with Crippen LogP contribution in [0.5, 0.6) is 11.5 Å². The first kappa shape index (κ1) is 38.1. The lowest BCUT2D eigenvalue weighted by molar-refractivity contribution is -0.605. The molecule has 51 heavy (non-hydrogen) atoms. The smallest absolute Gasteiger partial charge is 0.387 e. The normalized spacial score (nSPS) is 14.3. The predicted octanol–water partition coefficient (Wildman–Crippen LogP) is 6.44. The lowest BCUT2D eigenvalue weighted by atomic mass is 10.0. The third-order valence-corrected chi connectivity index (χ3v) is 9.02. The number of rotatable bonds is 15. The number of halogens is 4. The van der Waals surface area contributed by atoms with Gasteiger partial charge in [0.05, 0.1) is 17.8 Å². The Morgan fingerprint density at radius 1 is 1.08 bits per heavy atom. The van der Waals surface area contributed by atoms with E-state index in [4.69, 9.17) is 37.4 Å². The Hall–Kier alpha value is -4.18. The summed E-state index contributed by atoms with van der Waals surface area (Å²) in [6.07, 6.45) is 4.44. The molecular formula is C34H34Cl2F2N3O9S-. The molecule has 2 unspecified atom stereocenters. The van der Waals surface area contributed by atoms with Gasteiger partial charge in [-0.15, -0.1) is 0 Å². The van der Waals surface area contributed by atoms with E-state index in [1.807, 2.05) is 0 Å². The number of hydrogen-bond donors (Lipinski definition) is 0. The Labute approximate surface area is 304 Å². The second-order valence-electron chi connectivity index (χ2n) is 12.8. The van der Waals surface area contributed by atoms with Crippen molar-refractivity contribution in [2.24, 2.45) is 5.92 Å². The van der Waals surface area contributed by atoms with Gasteiger partial charge < -0.3 is 33.3 Å². The van der Waals surface area contributed by atoms with Crippen molar-refractivity contribution in [3.05, 3.63) is 87.4 Å². The maximum absolute atomic E-state index is 13.6. The standard InChI is InChI=1S/C34H35Cl2F2N3O9S/c1-34(2,3)50-32(43)18-41(51(45)46)27-6-4-5-26-22(27)11-12-39(26)17-31(42)48-29(14-23-24(35)15-40(44)16-25(23)36)21-9-10-28(49-33(37)38)30(13-21)47-19-20-7-8-20/h4-6,9-13,15-16,20,29,33H,7-8,14,17-19H2,1-3H3,(H,45,46)/p-1. The highest BCUT2D eigenvalue weighted by molar-refractivity contribution is 7.80. The summed E-state index contributed by atoms with van der Waals surface area (Å²) in [6, 6.07) is 10.5. The van der Waals surface area contributed by atoms with Crippen LogP contribution in [0.4, 0.5) is 14.5 Å². The van der Waals surface area contributed by atoms with Crippen LogP contribution in [0.25, 0.3) is 10.9 Å². The zero-order valence-corrected chi connectivity index (χ0v) is 30.0. The van der Waals surface area contributed by atoms with E-state index in [1.165, 1.54) is 28.8 Å². The molecule has 2 aromatic carbocycles. The molecule has 17 heteroatoms. The summed E-state index contributed by atoms with van der Waals surface area (Å²) in [4.78, 5) is 26.1. The molecule has 2 atom stereocenters. The molecule has 12 nitrogen and oxygen atoms in total. The number of hydrogen-bond acceptors (Lipinski definition) is 9. The molecule has 274 valence electrons. The molecule has 0 aliphatic heterocycles. The molecule has 1 saturated carbocycles. The Kier molecular flexibility index (Phi) is 11.9. The SMILES string of the molecule is CC(C)(C)OC(=O)CN(c1cccc2c1ccn2CC(=O)OC(Cc1c(Cl)c[n+]([O-])cc1Cl)c1ccc(OC(F)F)c(OCC2CC2)c1)S(=O)[O-]. The van der Waals surface area contributed by atoms with Gasteiger partial charge >= 0.3 is 18.6 Å². The van der Waals surface area contributed by atoms with Crippen molar-refractivity contribution in [2.45, 2.75) is 64.9 Å². The molecule has 2 heterocycles. The summed E-state index contributed by atoms with van der Waals surface area (Å²) < 4.78 is 75.4. The van der Waals surface area contributed by atoms with E-state index >= 15 is 0 Å². The second kappa shape index (κ2) is 16.0. The van der Waals surface area contributed by atoms with Crippen LogP contribution in [0, 0.1) is 11.1 Å². The number of anilines is 1. The molecule has 4 aromatic rings. The molecule has 5 rings (SSSR count). The number of aromatic nitrogens is 2. The molecule has 2 aromatic heterocycles. The predicted molar refractivity (Wildman–Crippen MR) is 183 cm³/mol. The lowest BCUT2D eigenvalue weighted by Gasteiger charge is -2.28. The topological polar surface area (TPSA) is 146 Å². The maximum atomic E-state index is 13.6. The van der Waals surface area contributed by atoms with Crippen LogP contribution < -0.4 is 18.5 Å². The Balaban J connectivity index is 1.43. The van der Waals surface area contributed by atoms with Crippen molar-refractivity contribution >= 4 is 63.0 Å². The van der Waals surface area contributed by atoms with Gasteiger partial charge in [0.2, 0.25) is 0 Å². The van der Waals surface area contributed by atoms with E-state index in [0.29, 0.717) is 26.8 Å². The Morgan fingerprint density at radius 3 is 2.41 bits per heavy atom. The number of benzene rings is 2. The quantitative estimate of drug-likeness (QED) is 0.0577. The summed E-state index contributed by atoms with van der Waals surface area (Å²) in [5, 5.41) is 12.4. The van der Waals surface area contributed by atoms with Gasteiger partial charge in [0.25, 0.3) is 0 Å². The molecular weight excluding hydrogens is 735 g/mol. The number of nitrogens with zero attached hydrogens (tertiary/aromatic N) is 3. The van der Waals surface area contributed by atoms with E-state index < -0.39 is 48.1 Å². The molecule has 1 aliphatic rings. The average molecular weight is 770 g/mol. The third-order valence-electron chi connectivity index (χ3n) is 7.68. The third kappa shape index (κ3) is 10.2. The number of fused-ring (bicyclic) bond motifs is 1. The summed E-state index contributed by atoms with van der Waals surface area (Å²) in [5.41, 5.74) is 0.452. The van der Waals surface area contributed by atoms with Crippen LogP contribution in [0.15, 0.2) is 61.1 Å². The van der Waals surface area contributed by atoms with Crippen LogP contribution in [0.1, 0.15) is 50.8 Å². The first-order valence-corrected chi connectivity index (χ1v) is 17.5. The monoisotopic (exact) mass is 768 g/mol. The van der Waals surface area contributed by atoms with E-state index in [9.17, 15) is 32.3 Å². The van der Waals surface area contributed by atoms with Gasteiger partial charge in [-0.25, -0.2) is 0 Å². The van der Waals surface area contributed by atoms with Crippen molar-refractivity contribution in [1.82, 2.24) is 4.57 Å². The van der Waals surface area contributed by atoms with Crippen LogP contribution >= 0.6 is 23.2 Å². The average Bonchev–Trinajstić information content (AvgIpc) is 3.77. The summed E-state index contributed by atoms with van der Waals surface area (Å²) in [5.74, 6) is -1.37. The lowest BCUT2D eigenvalue weighted by Crippen LogP contribution is -2.36. The van der Waals surface area contributed by atoms with Crippen molar-refractivity contribution < 1.29 is 50.8 Å². The maximum Gasteiger partial charge on any atom is 0.387 e. The van der Waals surface area contributed by atoms with Crippen LogP contribution in [0.2, 0.25) is 10.0 Å². The zero-order chi connectivity index (χ0) is 37.0. The van der Waals surface area contributed by atoms with Crippen molar-refractivity contribution in [3.63, 3.8) is 0 Å². The van der Waals surface area contributed by atoms with Crippen LogP contribution in [-0.4, -0.2) is 50.6 Å². The number of pyridine rings is 1. The second-order valence-corrected chi connectivity index (χ2v) is 14.5. The molecule has 1 fully saturated rings. The first-order chi connectivity index (χ1) is 24.1. The van der Waals surface area contributed by atoms with E-state index in [-0.39, 0.29) is 52.7 Å². The van der Waals surface area contributed by atoms with Crippen LogP contribution in [0.3, 0.4) is 0 Å². The minimum Gasteiger partial charge on any atom is -0.755 e. The van der Waals surface area contributed by atoms with Crippen molar-refractivity contribution in [2.75, 3.05) is 17.5 Å². The van der Waals surface area contributed by atoms with E-state index in [0.717, 1.165) is 29.5 Å². The van der Waals surface area contributed by atoms with Crippen LogP contribution in [-0.2, 0) is 43.3 Å². The number of ether oxygens (including phenoxy) is 4. The fraction of sp³-hybridized carbons (Fsp3) is 0.382. The number of carbonyl (C=O) groups is 2. The molecule has 0 bridgehead atoms. The highest BCUT2D eigenvalue weighted by Gasteiger charge is 2.27. The minimum atomic E-state index is -3.11. The summed E-state index contributed by atoms with van der Waals surface area (Å²) >= 11 is 9.87. The van der Waals surface area contributed by atoms with Gasteiger partial charge in [-0.3, -0.25) is 18.1 Å². The van der Waals surface area contributed by atoms with E-state index in [1.54, 1.807) is 45.2 Å². The Morgan fingerprint density at radius 2 is 1.78 bits per heavy atom. The van der Waals surface area contributed by atoms with Crippen molar-refractivity contribution in [1.29, 1.82) is 0 Å². The fourth-order valence-electron chi connectivity index (χ4n) is 5.27. The number of esters is 2. The van der Waals surface area contributed by atoms with Crippen molar-refractivity contribution in [3.8, 4) is 11.5 Å². The molecule has 0 saturated heterocycles. The molecule has 0 N–H and O–H groups in total.